The number of Topliss-reactive ketones (excluding diaryl/α,β-unsaturated/α-hetero) is 1. The first-order chi connectivity index (χ1) is 9.61. The molecule has 0 saturated heterocycles. The molecule has 0 spiro atoms. The van der Waals surface area contributed by atoms with Gasteiger partial charge in [0.15, 0.2) is 10.8 Å². The number of carbonyl (C=O) groups excluding carboxylic acids is 1. The van der Waals surface area contributed by atoms with Crippen LogP contribution in [0.15, 0.2) is 11.1 Å². The first-order valence-electron chi connectivity index (χ1n) is 6.95. The Hall–Kier alpha value is -1.31. The van der Waals surface area contributed by atoms with Crippen molar-refractivity contribution >= 4 is 15.8 Å². The maximum atomic E-state index is 12.1. The highest BCUT2D eigenvalue weighted by Crippen LogP contribution is 2.29. The molecule has 0 radical (unpaired) electrons. The van der Waals surface area contributed by atoms with Gasteiger partial charge in [-0.1, -0.05) is 13.8 Å². The lowest BCUT2D eigenvalue weighted by Gasteiger charge is -2.19. The quantitative estimate of drug-likeness (QED) is 0.846. The third kappa shape index (κ3) is 3.14. The number of hydrogen-bond donors (Lipinski definition) is 1. The number of ketones is 1. The van der Waals surface area contributed by atoms with E-state index in [0.717, 1.165) is 5.56 Å². The molecule has 2 rings (SSSR count). The summed E-state index contributed by atoms with van der Waals surface area (Å²) in [7, 11) is -3.95. The van der Waals surface area contributed by atoms with Crippen LogP contribution < -0.4 is 5.14 Å². The van der Waals surface area contributed by atoms with Crippen molar-refractivity contribution in [3.05, 3.63) is 22.9 Å². The van der Waals surface area contributed by atoms with Crippen LogP contribution in [-0.2, 0) is 23.1 Å². The molecule has 7 heteroatoms. The molecular weight excluding hydrogens is 290 g/mol. The van der Waals surface area contributed by atoms with Crippen molar-refractivity contribution in [2.45, 2.75) is 51.9 Å². The predicted octanol–water partition coefficient (Wildman–Crippen LogP) is 1.29. The second-order valence-corrected chi connectivity index (χ2v) is 7.49. The van der Waals surface area contributed by atoms with Gasteiger partial charge in [-0.25, -0.2) is 18.5 Å². The third-order valence-electron chi connectivity index (χ3n) is 3.69. The lowest BCUT2D eigenvalue weighted by molar-refractivity contribution is 0.0933. The number of carbonyl (C=O) groups is 1. The van der Waals surface area contributed by atoms with Gasteiger partial charge in [-0.15, -0.1) is 0 Å². The zero-order chi connectivity index (χ0) is 15.9. The largest absolute Gasteiger partial charge is 0.292 e. The maximum Gasteiger partial charge on any atom is 0.255 e. The number of nitrogens with two attached hydrogens (primary N) is 1. The van der Waals surface area contributed by atoms with E-state index in [1.54, 1.807) is 19.9 Å². The first-order valence-corrected chi connectivity index (χ1v) is 8.49. The third-order valence-corrected chi connectivity index (χ3v) is 4.57. The normalized spacial score (nSPS) is 15.8. The van der Waals surface area contributed by atoms with Crippen LogP contribution in [-0.4, -0.2) is 30.1 Å². The number of nitrogens with zero attached hydrogens (tertiary/aromatic N) is 2. The van der Waals surface area contributed by atoms with Crippen molar-refractivity contribution < 1.29 is 13.2 Å². The first kappa shape index (κ1) is 16.1. The topological polar surface area (TPSA) is 93.4 Å². The van der Waals surface area contributed by atoms with Crippen LogP contribution in [0.3, 0.4) is 0 Å². The highest BCUT2D eigenvalue weighted by Gasteiger charge is 2.30. The SMILES string of the molecule is CC(C)C(=O)c1cc2c(c(S(N)(=O)=O)n1)CN(C(C)C)C2. The van der Waals surface area contributed by atoms with E-state index in [4.69, 9.17) is 5.14 Å². The van der Waals surface area contributed by atoms with Crippen molar-refractivity contribution in [3.8, 4) is 0 Å². The standard InChI is InChI=1S/C14H21N3O3S/c1-8(2)13(18)12-5-10-6-17(9(3)4)7-11(10)14(16-12)21(15,19)20/h5,8-9H,6-7H2,1-4H3,(H2,15,19,20). The lowest BCUT2D eigenvalue weighted by Crippen LogP contribution is -2.25. The summed E-state index contributed by atoms with van der Waals surface area (Å²) in [4.78, 5) is 18.3. The molecular formula is C14H21N3O3S. The van der Waals surface area contributed by atoms with Crippen molar-refractivity contribution in [1.82, 2.24) is 9.88 Å². The van der Waals surface area contributed by atoms with E-state index >= 15 is 0 Å². The Balaban J connectivity index is 2.59. The molecule has 6 nitrogen and oxygen atoms in total. The Morgan fingerprint density at radius 2 is 1.90 bits per heavy atom. The van der Waals surface area contributed by atoms with Crippen LogP contribution in [0.2, 0.25) is 0 Å². The van der Waals surface area contributed by atoms with E-state index in [1.165, 1.54) is 0 Å². The van der Waals surface area contributed by atoms with Crippen LogP contribution in [0.1, 0.15) is 49.3 Å². The Morgan fingerprint density at radius 1 is 1.29 bits per heavy atom. The van der Waals surface area contributed by atoms with Gasteiger partial charge in [0.2, 0.25) is 0 Å². The minimum absolute atomic E-state index is 0.160. The molecule has 0 aliphatic carbocycles. The maximum absolute atomic E-state index is 12.1. The van der Waals surface area contributed by atoms with Crippen molar-refractivity contribution in [2.75, 3.05) is 0 Å². The fourth-order valence-electron chi connectivity index (χ4n) is 2.41. The fraction of sp³-hybridized carbons (Fsp3) is 0.571. The van der Waals surface area contributed by atoms with Gasteiger partial charge in [-0.3, -0.25) is 9.69 Å². The number of pyridine rings is 1. The van der Waals surface area contributed by atoms with Gasteiger partial charge < -0.3 is 0 Å². The molecule has 0 amide bonds. The molecule has 21 heavy (non-hydrogen) atoms. The van der Waals surface area contributed by atoms with Crippen molar-refractivity contribution in [2.24, 2.45) is 11.1 Å². The van der Waals surface area contributed by atoms with Gasteiger partial charge in [-0.2, -0.15) is 0 Å². The lowest BCUT2D eigenvalue weighted by atomic mass is 10.0. The van der Waals surface area contributed by atoms with Crippen LogP contribution >= 0.6 is 0 Å². The Bertz CT molecular complexity index is 681. The molecule has 0 saturated carbocycles. The Labute approximate surface area is 125 Å². The molecule has 2 heterocycles. The van der Waals surface area contributed by atoms with Gasteiger partial charge in [0, 0.05) is 30.6 Å². The van der Waals surface area contributed by atoms with Gasteiger partial charge >= 0.3 is 0 Å². The average Bonchev–Trinajstić information content (AvgIpc) is 2.78. The molecule has 116 valence electrons. The molecule has 1 aromatic rings. The molecule has 1 aliphatic heterocycles. The minimum Gasteiger partial charge on any atom is -0.292 e. The van der Waals surface area contributed by atoms with Gasteiger partial charge in [-0.05, 0) is 25.5 Å². The Kier molecular flexibility index (Phi) is 4.19. The molecule has 0 unspecified atom stereocenters. The zero-order valence-electron chi connectivity index (χ0n) is 12.8. The van der Waals surface area contributed by atoms with Crippen LogP contribution in [0, 0.1) is 5.92 Å². The monoisotopic (exact) mass is 311 g/mol. The summed E-state index contributed by atoms with van der Waals surface area (Å²) in [5.41, 5.74) is 1.62. The highest BCUT2D eigenvalue weighted by atomic mass is 32.2. The Morgan fingerprint density at radius 3 is 2.38 bits per heavy atom. The molecule has 0 aromatic carbocycles. The second kappa shape index (κ2) is 5.47. The highest BCUT2D eigenvalue weighted by molar-refractivity contribution is 7.89. The number of rotatable bonds is 4. The summed E-state index contributed by atoms with van der Waals surface area (Å²) in [5, 5.41) is 5.12. The second-order valence-electron chi connectivity index (χ2n) is 6.01. The number of primary sulfonamides is 1. The summed E-state index contributed by atoms with van der Waals surface area (Å²) < 4.78 is 23.6. The molecule has 1 aromatic heterocycles. The number of aromatic nitrogens is 1. The van der Waals surface area contributed by atoms with E-state index in [-0.39, 0.29) is 28.5 Å². The minimum atomic E-state index is -3.95. The summed E-state index contributed by atoms with van der Waals surface area (Å²) >= 11 is 0. The van der Waals surface area contributed by atoms with Gasteiger partial charge in [0.05, 0.1) is 0 Å². The molecule has 0 bridgehead atoms. The fourth-order valence-corrected chi connectivity index (χ4v) is 3.17. The number of fused-ring (bicyclic) bond motifs is 1. The molecule has 0 fully saturated rings. The number of sulfonamides is 1. The molecule has 1 aliphatic rings. The summed E-state index contributed by atoms with van der Waals surface area (Å²) in [5.74, 6) is -0.419. The van der Waals surface area contributed by atoms with E-state index in [1.807, 2.05) is 13.8 Å². The molecule has 2 N–H and O–H groups in total. The van der Waals surface area contributed by atoms with Crippen molar-refractivity contribution in [1.29, 1.82) is 0 Å². The summed E-state index contributed by atoms with van der Waals surface area (Å²) in [6.45, 7) is 8.69. The van der Waals surface area contributed by atoms with Crippen LogP contribution in [0.5, 0.6) is 0 Å². The summed E-state index contributed by atoms with van der Waals surface area (Å²) in [6.07, 6.45) is 0. The van der Waals surface area contributed by atoms with Gasteiger partial charge in [0.1, 0.15) is 5.69 Å². The van der Waals surface area contributed by atoms with Crippen LogP contribution in [0.4, 0.5) is 0 Å². The summed E-state index contributed by atoms with van der Waals surface area (Å²) in [6, 6.07) is 1.98. The smallest absolute Gasteiger partial charge is 0.255 e. The van der Waals surface area contributed by atoms with Crippen LogP contribution in [0.25, 0.3) is 0 Å². The molecule has 0 atom stereocenters. The zero-order valence-corrected chi connectivity index (χ0v) is 13.6. The van der Waals surface area contributed by atoms with Gasteiger partial charge in [0.25, 0.3) is 10.0 Å². The van der Waals surface area contributed by atoms with Crippen molar-refractivity contribution in [3.63, 3.8) is 0 Å². The number of hydrogen-bond acceptors (Lipinski definition) is 5. The average molecular weight is 311 g/mol. The van der Waals surface area contributed by atoms with E-state index in [9.17, 15) is 13.2 Å². The van der Waals surface area contributed by atoms with E-state index < -0.39 is 10.0 Å². The van der Waals surface area contributed by atoms with E-state index in [2.05, 4.69) is 9.88 Å². The van der Waals surface area contributed by atoms with E-state index in [0.29, 0.717) is 18.7 Å². The predicted molar refractivity (Wildman–Crippen MR) is 79.2 cm³/mol.